The number of anilines is 1. The number of nitrogens with one attached hydrogen (secondary N) is 1. The maximum atomic E-state index is 12.0. The second-order valence-corrected chi connectivity index (χ2v) is 6.23. The Morgan fingerprint density at radius 1 is 1.27 bits per heavy atom. The van der Waals surface area contributed by atoms with Gasteiger partial charge in [-0.15, -0.1) is 10.2 Å². The Bertz CT molecular complexity index is 797. The van der Waals surface area contributed by atoms with Crippen LogP contribution in [0.25, 0.3) is 0 Å². The molecule has 1 aromatic carbocycles. The normalized spacial score (nSPS) is 10.6. The van der Waals surface area contributed by atoms with Gasteiger partial charge in [0.25, 0.3) is 5.91 Å². The third-order valence-corrected chi connectivity index (χ3v) is 4.27. The summed E-state index contributed by atoms with van der Waals surface area (Å²) < 4.78 is 7.57. The van der Waals surface area contributed by atoms with Crippen LogP contribution in [-0.4, -0.2) is 20.7 Å². The molecule has 0 spiro atoms. The van der Waals surface area contributed by atoms with Crippen molar-refractivity contribution in [3.63, 3.8) is 0 Å². The van der Waals surface area contributed by atoms with Gasteiger partial charge in [-0.2, -0.15) is 0 Å². The number of hydrogen-bond donors (Lipinski definition) is 1. The van der Waals surface area contributed by atoms with Crippen molar-refractivity contribution in [2.75, 3.05) is 5.32 Å². The zero-order chi connectivity index (χ0) is 15.5. The Labute approximate surface area is 139 Å². The SMILES string of the molecule is Cn1cnnc1Sc1ccc(NC(=O)c2ccc(Br)o2)cc1. The van der Waals surface area contributed by atoms with Crippen LogP contribution in [0.4, 0.5) is 5.69 Å². The van der Waals surface area contributed by atoms with Gasteiger partial charge in [-0.3, -0.25) is 4.79 Å². The van der Waals surface area contributed by atoms with Crippen molar-refractivity contribution in [1.29, 1.82) is 0 Å². The van der Waals surface area contributed by atoms with Gasteiger partial charge in [0.05, 0.1) is 0 Å². The highest BCUT2D eigenvalue weighted by Gasteiger charge is 2.11. The monoisotopic (exact) mass is 378 g/mol. The molecular formula is C14H11BrN4O2S. The summed E-state index contributed by atoms with van der Waals surface area (Å²) in [7, 11) is 1.89. The molecule has 8 heteroatoms. The molecule has 22 heavy (non-hydrogen) atoms. The largest absolute Gasteiger partial charge is 0.444 e. The molecule has 3 rings (SSSR count). The van der Waals surface area contributed by atoms with Gasteiger partial charge in [0, 0.05) is 17.6 Å². The van der Waals surface area contributed by atoms with E-state index in [0.717, 1.165) is 10.1 Å². The molecule has 0 unspecified atom stereocenters. The second-order valence-electron chi connectivity index (χ2n) is 4.41. The fourth-order valence-corrected chi connectivity index (χ4v) is 2.77. The van der Waals surface area contributed by atoms with Gasteiger partial charge in [-0.05, 0) is 64.1 Å². The number of carbonyl (C=O) groups is 1. The highest BCUT2D eigenvalue weighted by Crippen LogP contribution is 2.26. The molecule has 0 aliphatic carbocycles. The molecule has 0 fully saturated rings. The van der Waals surface area contributed by atoms with Crippen molar-refractivity contribution in [3.8, 4) is 0 Å². The molecular weight excluding hydrogens is 368 g/mol. The van der Waals surface area contributed by atoms with Crippen LogP contribution in [0.5, 0.6) is 0 Å². The summed E-state index contributed by atoms with van der Waals surface area (Å²) in [6.45, 7) is 0. The lowest BCUT2D eigenvalue weighted by molar-refractivity contribution is 0.0995. The van der Waals surface area contributed by atoms with Crippen LogP contribution in [0.2, 0.25) is 0 Å². The molecule has 0 saturated heterocycles. The number of hydrogen-bond acceptors (Lipinski definition) is 5. The lowest BCUT2D eigenvalue weighted by Crippen LogP contribution is -2.10. The molecule has 6 nitrogen and oxygen atoms in total. The Hall–Kier alpha value is -2.06. The number of benzene rings is 1. The van der Waals surface area contributed by atoms with Crippen LogP contribution in [-0.2, 0) is 7.05 Å². The van der Waals surface area contributed by atoms with E-state index in [1.54, 1.807) is 18.5 Å². The standard InChI is InChI=1S/C14H11BrN4O2S/c1-19-8-16-18-14(19)22-10-4-2-9(3-5-10)17-13(20)11-6-7-12(15)21-11/h2-8H,1H3,(H,17,20). The van der Waals surface area contributed by atoms with Crippen molar-refractivity contribution in [1.82, 2.24) is 14.8 Å². The van der Waals surface area contributed by atoms with Crippen LogP contribution in [0.3, 0.4) is 0 Å². The minimum Gasteiger partial charge on any atom is -0.444 e. The maximum Gasteiger partial charge on any atom is 0.291 e. The number of nitrogens with zero attached hydrogens (tertiary/aromatic N) is 3. The Morgan fingerprint density at radius 2 is 2.05 bits per heavy atom. The fraction of sp³-hybridized carbons (Fsp3) is 0.0714. The summed E-state index contributed by atoms with van der Waals surface area (Å²) >= 11 is 4.67. The number of aryl methyl sites for hydroxylation is 1. The first-order chi connectivity index (χ1) is 10.6. The quantitative estimate of drug-likeness (QED) is 0.750. The average Bonchev–Trinajstić information content (AvgIpc) is 3.10. The van der Waals surface area contributed by atoms with E-state index in [4.69, 9.17) is 4.42 Å². The van der Waals surface area contributed by atoms with E-state index < -0.39 is 0 Å². The molecule has 3 aromatic rings. The van der Waals surface area contributed by atoms with Gasteiger partial charge in [-0.25, -0.2) is 0 Å². The van der Waals surface area contributed by atoms with Crippen LogP contribution in [0.15, 0.2) is 61.9 Å². The van der Waals surface area contributed by atoms with E-state index in [0.29, 0.717) is 10.4 Å². The number of amides is 1. The smallest absolute Gasteiger partial charge is 0.291 e. The summed E-state index contributed by atoms with van der Waals surface area (Å²) in [6, 6.07) is 10.8. The highest BCUT2D eigenvalue weighted by molar-refractivity contribution is 9.10. The van der Waals surface area contributed by atoms with E-state index in [9.17, 15) is 4.79 Å². The van der Waals surface area contributed by atoms with Gasteiger partial charge in [0.1, 0.15) is 6.33 Å². The van der Waals surface area contributed by atoms with Gasteiger partial charge in [0.15, 0.2) is 15.6 Å². The molecule has 0 radical (unpaired) electrons. The van der Waals surface area contributed by atoms with Crippen molar-refractivity contribution in [2.24, 2.45) is 7.05 Å². The topological polar surface area (TPSA) is 73.0 Å². The summed E-state index contributed by atoms with van der Waals surface area (Å²) in [5, 5.41) is 11.4. The fourth-order valence-electron chi connectivity index (χ4n) is 1.71. The highest BCUT2D eigenvalue weighted by atomic mass is 79.9. The lowest BCUT2D eigenvalue weighted by Gasteiger charge is -2.05. The van der Waals surface area contributed by atoms with Gasteiger partial charge in [0.2, 0.25) is 0 Å². The van der Waals surface area contributed by atoms with E-state index >= 15 is 0 Å². The summed E-state index contributed by atoms with van der Waals surface area (Å²) in [4.78, 5) is 13.0. The number of furan rings is 1. The minimum atomic E-state index is -0.292. The number of carbonyl (C=O) groups excluding carboxylic acids is 1. The Kier molecular flexibility index (Phi) is 4.30. The number of halogens is 1. The molecule has 0 atom stereocenters. The molecule has 0 saturated carbocycles. The minimum absolute atomic E-state index is 0.254. The van der Waals surface area contributed by atoms with E-state index in [-0.39, 0.29) is 11.7 Å². The zero-order valence-corrected chi connectivity index (χ0v) is 13.9. The molecule has 1 amide bonds. The van der Waals surface area contributed by atoms with Gasteiger partial charge < -0.3 is 14.3 Å². The third-order valence-electron chi connectivity index (χ3n) is 2.79. The second kappa shape index (κ2) is 6.37. The Morgan fingerprint density at radius 3 is 2.64 bits per heavy atom. The molecule has 0 aliphatic heterocycles. The van der Waals surface area contributed by atoms with Crippen LogP contribution >= 0.6 is 27.7 Å². The van der Waals surface area contributed by atoms with Crippen molar-refractivity contribution >= 4 is 39.3 Å². The van der Waals surface area contributed by atoms with Gasteiger partial charge in [-0.1, -0.05) is 0 Å². The average molecular weight is 379 g/mol. The summed E-state index contributed by atoms with van der Waals surface area (Å²) in [6.07, 6.45) is 1.65. The van der Waals surface area contributed by atoms with E-state index in [1.165, 1.54) is 11.8 Å². The van der Waals surface area contributed by atoms with Crippen LogP contribution in [0.1, 0.15) is 10.6 Å². The summed E-state index contributed by atoms with van der Waals surface area (Å²) in [5.41, 5.74) is 0.694. The third kappa shape index (κ3) is 3.40. The molecule has 2 heterocycles. The molecule has 0 aliphatic rings. The first-order valence-corrected chi connectivity index (χ1v) is 7.91. The molecule has 112 valence electrons. The molecule has 2 aromatic heterocycles. The first-order valence-electron chi connectivity index (χ1n) is 6.30. The number of rotatable bonds is 4. The number of aromatic nitrogens is 3. The summed E-state index contributed by atoms with van der Waals surface area (Å²) in [5.74, 6) is -0.0381. The molecule has 0 bridgehead atoms. The van der Waals surface area contributed by atoms with Crippen molar-refractivity contribution in [2.45, 2.75) is 10.1 Å². The van der Waals surface area contributed by atoms with Crippen LogP contribution < -0.4 is 5.32 Å². The predicted octanol–water partition coefficient (Wildman–Crippen LogP) is 3.57. The maximum absolute atomic E-state index is 12.0. The van der Waals surface area contributed by atoms with Gasteiger partial charge >= 0.3 is 0 Å². The first kappa shape index (κ1) is 14.9. The molecule has 1 N–H and O–H groups in total. The van der Waals surface area contributed by atoms with Crippen molar-refractivity contribution in [3.05, 3.63) is 53.2 Å². The predicted molar refractivity (Wildman–Crippen MR) is 85.9 cm³/mol. The van der Waals surface area contributed by atoms with Crippen LogP contribution in [0, 0.1) is 0 Å². The zero-order valence-electron chi connectivity index (χ0n) is 11.5. The van der Waals surface area contributed by atoms with E-state index in [1.807, 2.05) is 35.9 Å². The lowest BCUT2D eigenvalue weighted by atomic mass is 10.3. The van der Waals surface area contributed by atoms with E-state index in [2.05, 4.69) is 31.4 Å². The van der Waals surface area contributed by atoms with Crippen molar-refractivity contribution < 1.29 is 9.21 Å². The Balaban J connectivity index is 1.66.